The fraction of sp³-hybridized carbons (Fsp3) is 0.167. The van der Waals surface area contributed by atoms with E-state index in [4.69, 9.17) is 10.5 Å². The largest absolute Gasteiger partial charge is 0.497 e. The zero-order valence-electron chi connectivity index (χ0n) is 13.6. The number of nitrogens with zero attached hydrogens (tertiary/aromatic N) is 3. The molecule has 3 rings (SSSR count). The molecular formula is C18H18N4O2. The standard InChI is InChI=1S/C18H18N4O2/c1-12-3-7-14(8-4-12)17-20-18(19)22(21-17)16(23)11-13-5-9-15(24-2)10-6-13/h3-10H,11H2,1-2H3,(H2,19,20,21). The molecule has 0 unspecified atom stereocenters. The lowest BCUT2D eigenvalue weighted by atomic mass is 10.1. The molecule has 1 heterocycles. The summed E-state index contributed by atoms with van der Waals surface area (Å²) in [6.45, 7) is 2.00. The van der Waals surface area contributed by atoms with Gasteiger partial charge < -0.3 is 10.5 Å². The Balaban J connectivity index is 1.81. The predicted octanol–water partition coefficient (Wildman–Crippen LogP) is 2.73. The minimum atomic E-state index is -0.233. The lowest BCUT2D eigenvalue weighted by Crippen LogP contribution is -2.17. The number of rotatable bonds is 4. The number of anilines is 1. The fourth-order valence-corrected chi connectivity index (χ4v) is 2.33. The summed E-state index contributed by atoms with van der Waals surface area (Å²) in [6.07, 6.45) is 0.185. The van der Waals surface area contributed by atoms with Gasteiger partial charge in [-0.25, -0.2) is 0 Å². The average molecular weight is 322 g/mol. The van der Waals surface area contributed by atoms with E-state index in [-0.39, 0.29) is 18.3 Å². The number of methoxy groups -OCH3 is 1. The second-order valence-electron chi connectivity index (χ2n) is 5.49. The molecule has 24 heavy (non-hydrogen) atoms. The number of aryl methyl sites for hydroxylation is 1. The summed E-state index contributed by atoms with van der Waals surface area (Å²) in [7, 11) is 1.60. The highest BCUT2D eigenvalue weighted by Gasteiger charge is 2.15. The molecule has 0 saturated heterocycles. The van der Waals surface area contributed by atoms with Gasteiger partial charge in [-0.15, -0.1) is 5.10 Å². The number of carbonyl (C=O) groups is 1. The maximum absolute atomic E-state index is 12.4. The number of aromatic nitrogens is 3. The minimum absolute atomic E-state index is 0.0871. The number of nitrogens with two attached hydrogens (primary N) is 1. The number of carbonyl (C=O) groups excluding carboxylic acids is 1. The number of benzene rings is 2. The molecule has 0 spiro atoms. The van der Waals surface area contributed by atoms with Crippen LogP contribution in [0.1, 0.15) is 15.9 Å². The van der Waals surface area contributed by atoms with Crippen LogP contribution in [0.25, 0.3) is 11.4 Å². The van der Waals surface area contributed by atoms with Crippen LogP contribution in [0.5, 0.6) is 5.75 Å². The van der Waals surface area contributed by atoms with Crippen molar-refractivity contribution in [1.82, 2.24) is 14.8 Å². The normalized spacial score (nSPS) is 10.6. The predicted molar refractivity (Wildman–Crippen MR) is 91.9 cm³/mol. The van der Waals surface area contributed by atoms with Gasteiger partial charge in [0.2, 0.25) is 5.95 Å². The highest BCUT2D eigenvalue weighted by Crippen LogP contribution is 2.18. The maximum atomic E-state index is 12.4. The monoisotopic (exact) mass is 322 g/mol. The quantitative estimate of drug-likeness (QED) is 0.798. The van der Waals surface area contributed by atoms with E-state index >= 15 is 0 Å². The van der Waals surface area contributed by atoms with Crippen LogP contribution in [0, 0.1) is 6.92 Å². The third-order valence-electron chi connectivity index (χ3n) is 3.69. The van der Waals surface area contributed by atoms with Crippen LogP contribution in [0.3, 0.4) is 0 Å². The molecule has 6 heteroatoms. The third kappa shape index (κ3) is 3.27. The smallest absolute Gasteiger partial charge is 0.254 e. The van der Waals surface area contributed by atoms with Crippen molar-refractivity contribution in [2.45, 2.75) is 13.3 Å². The summed E-state index contributed by atoms with van der Waals surface area (Å²) in [5, 5.41) is 4.25. The molecule has 0 aliphatic heterocycles. The van der Waals surface area contributed by atoms with Crippen LogP contribution in [0.15, 0.2) is 48.5 Å². The van der Waals surface area contributed by atoms with E-state index in [1.165, 1.54) is 0 Å². The Labute approximate surface area is 139 Å². The first kappa shape index (κ1) is 15.7. The Morgan fingerprint density at radius 3 is 2.42 bits per heavy atom. The highest BCUT2D eigenvalue weighted by molar-refractivity contribution is 5.83. The first-order valence-electron chi connectivity index (χ1n) is 7.52. The van der Waals surface area contributed by atoms with E-state index in [0.29, 0.717) is 5.82 Å². The van der Waals surface area contributed by atoms with Crippen LogP contribution in [0.2, 0.25) is 0 Å². The zero-order valence-corrected chi connectivity index (χ0v) is 13.6. The molecule has 6 nitrogen and oxygen atoms in total. The van der Waals surface area contributed by atoms with Crippen LogP contribution < -0.4 is 10.5 Å². The summed E-state index contributed by atoms with van der Waals surface area (Å²) in [4.78, 5) is 16.6. The summed E-state index contributed by atoms with van der Waals surface area (Å²) < 4.78 is 6.26. The van der Waals surface area contributed by atoms with Gasteiger partial charge in [0.15, 0.2) is 5.82 Å². The lowest BCUT2D eigenvalue weighted by Gasteiger charge is -2.03. The van der Waals surface area contributed by atoms with Gasteiger partial charge in [0.05, 0.1) is 13.5 Å². The van der Waals surface area contributed by atoms with Gasteiger partial charge in [-0.2, -0.15) is 9.67 Å². The molecule has 0 aliphatic carbocycles. The Kier molecular flexibility index (Phi) is 4.29. The number of hydrogen-bond donors (Lipinski definition) is 1. The molecule has 0 amide bonds. The van der Waals surface area contributed by atoms with Gasteiger partial charge in [-0.1, -0.05) is 42.0 Å². The van der Waals surface area contributed by atoms with Crippen LogP contribution in [-0.2, 0) is 6.42 Å². The van der Waals surface area contributed by atoms with Crippen LogP contribution in [-0.4, -0.2) is 27.8 Å². The van der Waals surface area contributed by atoms with Gasteiger partial charge in [-0.05, 0) is 24.6 Å². The van der Waals surface area contributed by atoms with Gasteiger partial charge in [0.25, 0.3) is 5.91 Å². The molecule has 0 saturated carbocycles. The van der Waals surface area contributed by atoms with Crippen molar-refractivity contribution in [2.24, 2.45) is 0 Å². The van der Waals surface area contributed by atoms with Crippen molar-refractivity contribution in [3.8, 4) is 17.1 Å². The Hall–Kier alpha value is -3.15. The number of ether oxygens (including phenoxy) is 1. The molecule has 2 N–H and O–H groups in total. The zero-order chi connectivity index (χ0) is 17.1. The highest BCUT2D eigenvalue weighted by atomic mass is 16.5. The van der Waals surface area contributed by atoms with Crippen molar-refractivity contribution in [3.63, 3.8) is 0 Å². The van der Waals surface area contributed by atoms with Crippen molar-refractivity contribution < 1.29 is 9.53 Å². The molecule has 2 aromatic carbocycles. The molecule has 0 atom stereocenters. The molecule has 122 valence electrons. The Morgan fingerprint density at radius 2 is 1.79 bits per heavy atom. The molecule has 1 aromatic heterocycles. The van der Waals surface area contributed by atoms with Crippen molar-refractivity contribution >= 4 is 11.9 Å². The lowest BCUT2D eigenvalue weighted by molar-refractivity contribution is 0.0901. The van der Waals surface area contributed by atoms with E-state index in [1.54, 1.807) is 7.11 Å². The third-order valence-corrected chi connectivity index (χ3v) is 3.69. The summed E-state index contributed by atoms with van der Waals surface area (Å²) >= 11 is 0. The number of nitrogen functional groups attached to an aromatic ring is 1. The fourth-order valence-electron chi connectivity index (χ4n) is 2.33. The summed E-state index contributed by atoms with van der Waals surface area (Å²) in [5.41, 5.74) is 8.67. The molecule has 0 aliphatic rings. The SMILES string of the molecule is COc1ccc(CC(=O)n2nc(-c3ccc(C)cc3)nc2N)cc1. The van der Waals surface area contributed by atoms with Crippen molar-refractivity contribution in [3.05, 3.63) is 59.7 Å². The van der Waals surface area contributed by atoms with Gasteiger partial charge in [0, 0.05) is 5.56 Å². The topological polar surface area (TPSA) is 83.0 Å². The molecule has 0 fully saturated rings. The minimum Gasteiger partial charge on any atom is -0.497 e. The second-order valence-corrected chi connectivity index (χ2v) is 5.49. The molecule has 0 bridgehead atoms. The van der Waals surface area contributed by atoms with E-state index in [1.807, 2.05) is 55.5 Å². The Bertz CT molecular complexity index is 852. The van der Waals surface area contributed by atoms with Gasteiger partial charge in [-0.3, -0.25) is 4.79 Å². The summed E-state index contributed by atoms with van der Waals surface area (Å²) in [6, 6.07) is 15.0. The van der Waals surface area contributed by atoms with Crippen LogP contribution in [0.4, 0.5) is 5.95 Å². The first-order valence-corrected chi connectivity index (χ1v) is 7.52. The van der Waals surface area contributed by atoms with E-state index < -0.39 is 0 Å². The van der Waals surface area contributed by atoms with Crippen LogP contribution >= 0.6 is 0 Å². The number of hydrogen-bond acceptors (Lipinski definition) is 5. The van der Waals surface area contributed by atoms with E-state index in [2.05, 4.69) is 10.1 Å². The first-order chi connectivity index (χ1) is 11.6. The Morgan fingerprint density at radius 1 is 1.12 bits per heavy atom. The molecule has 3 aromatic rings. The van der Waals surface area contributed by atoms with Gasteiger partial charge >= 0.3 is 0 Å². The summed E-state index contributed by atoms with van der Waals surface area (Å²) in [5.74, 6) is 1.04. The maximum Gasteiger partial charge on any atom is 0.254 e. The average Bonchev–Trinajstić information content (AvgIpc) is 2.98. The van der Waals surface area contributed by atoms with E-state index in [0.717, 1.165) is 27.1 Å². The second kappa shape index (κ2) is 6.54. The van der Waals surface area contributed by atoms with Crippen molar-refractivity contribution in [2.75, 3.05) is 12.8 Å². The molecule has 0 radical (unpaired) electrons. The van der Waals surface area contributed by atoms with E-state index in [9.17, 15) is 4.79 Å². The molecular weight excluding hydrogens is 304 g/mol. The van der Waals surface area contributed by atoms with Gasteiger partial charge in [0.1, 0.15) is 5.75 Å². The van der Waals surface area contributed by atoms with Crippen molar-refractivity contribution in [1.29, 1.82) is 0 Å².